The summed E-state index contributed by atoms with van der Waals surface area (Å²) in [4.78, 5) is 15.0. The Hall–Kier alpha value is -0.870. The van der Waals surface area contributed by atoms with Crippen LogP contribution in [0.1, 0.15) is 64.1 Å². The van der Waals surface area contributed by atoms with Gasteiger partial charge in [0.2, 0.25) is 5.91 Å². The number of carbonyl (C=O) groups is 1. The van der Waals surface area contributed by atoms with Gasteiger partial charge in [0.1, 0.15) is 6.17 Å². The molecule has 1 aromatic rings. The molecular weight excluding hydrogens is 280 g/mol. The molecule has 0 radical (unpaired) electrons. The van der Waals surface area contributed by atoms with E-state index in [-0.39, 0.29) is 12.2 Å². The molecule has 0 spiro atoms. The van der Waals surface area contributed by atoms with E-state index in [9.17, 15) is 4.79 Å². The Morgan fingerprint density at radius 2 is 2.24 bits per heavy atom. The number of amides is 1. The summed E-state index contributed by atoms with van der Waals surface area (Å²) in [6, 6.07) is 2.55. The van der Waals surface area contributed by atoms with Gasteiger partial charge in [-0.2, -0.15) is 11.3 Å². The van der Waals surface area contributed by atoms with Crippen LogP contribution in [0.3, 0.4) is 0 Å². The second-order valence-electron chi connectivity index (χ2n) is 6.45. The molecule has 3 rings (SSSR count). The molecule has 1 aromatic heterocycles. The fraction of sp³-hybridized carbons (Fsp3) is 0.706. The zero-order valence-electron chi connectivity index (χ0n) is 13.0. The average molecular weight is 306 g/mol. The predicted molar refractivity (Wildman–Crippen MR) is 87.2 cm³/mol. The lowest BCUT2D eigenvalue weighted by Gasteiger charge is -2.32. The van der Waals surface area contributed by atoms with Crippen molar-refractivity contribution in [3.63, 3.8) is 0 Å². The molecule has 1 aliphatic heterocycles. The molecule has 3 unspecified atom stereocenters. The summed E-state index contributed by atoms with van der Waals surface area (Å²) in [5.41, 5.74) is 1.25. The Morgan fingerprint density at radius 3 is 2.81 bits per heavy atom. The highest BCUT2D eigenvalue weighted by molar-refractivity contribution is 7.07. The van der Waals surface area contributed by atoms with E-state index >= 15 is 0 Å². The summed E-state index contributed by atoms with van der Waals surface area (Å²) in [7, 11) is 0. The van der Waals surface area contributed by atoms with Crippen LogP contribution in [-0.4, -0.2) is 22.9 Å². The van der Waals surface area contributed by atoms with Crippen molar-refractivity contribution < 1.29 is 4.79 Å². The summed E-state index contributed by atoms with van der Waals surface area (Å²) >= 11 is 1.71. The van der Waals surface area contributed by atoms with Crippen LogP contribution in [0.4, 0.5) is 0 Å². The molecule has 1 aliphatic carbocycles. The minimum absolute atomic E-state index is 0.00755. The van der Waals surface area contributed by atoms with Crippen LogP contribution in [-0.2, 0) is 4.79 Å². The molecule has 2 heterocycles. The van der Waals surface area contributed by atoms with Crippen LogP contribution in [0, 0.1) is 5.92 Å². The molecule has 2 fully saturated rings. The van der Waals surface area contributed by atoms with Gasteiger partial charge in [-0.05, 0) is 47.6 Å². The van der Waals surface area contributed by atoms with Crippen molar-refractivity contribution in [2.75, 3.05) is 0 Å². The lowest BCUT2D eigenvalue weighted by atomic mass is 10.0. The SMILES string of the molecule is CCCC1NC(c2ccsc2)N(C(CC)CC2CC2)C1=O. The van der Waals surface area contributed by atoms with E-state index in [1.165, 1.54) is 24.8 Å². The van der Waals surface area contributed by atoms with Gasteiger partial charge in [0, 0.05) is 6.04 Å². The van der Waals surface area contributed by atoms with Gasteiger partial charge < -0.3 is 4.90 Å². The van der Waals surface area contributed by atoms with Gasteiger partial charge in [-0.1, -0.05) is 33.1 Å². The molecule has 1 amide bonds. The van der Waals surface area contributed by atoms with E-state index in [4.69, 9.17) is 0 Å². The first-order valence-electron chi connectivity index (χ1n) is 8.34. The fourth-order valence-corrected chi connectivity index (χ4v) is 4.12. The van der Waals surface area contributed by atoms with Gasteiger partial charge in [-0.25, -0.2) is 0 Å². The van der Waals surface area contributed by atoms with E-state index in [1.54, 1.807) is 11.3 Å². The third kappa shape index (κ3) is 3.16. The van der Waals surface area contributed by atoms with Crippen LogP contribution in [0.15, 0.2) is 16.8 Å². The molecular formula is C17H26N2OS. The van der Waals surface area contributed by atoms with Gasteiger partial charge in [0.05, 0.1) is 6.04 Å². The van der Waals surface area contributed by atoms with E-state index in [0.717, 1.165) is 25.2 Å². The second kappa shape index (κ2) is 6.49. The molecule has 1 N–H and O–H groups in total. The van der Waals surface area contributed by atoms with Crippen LogP contribution >= 0.6 is 11.3 Å². The van der Waals surface area contributed by atoms with Crippen molar-refractivity contribution in [1.29, 1.82) is 0 Å². The first-order valence-corrected chi connectivity index (χ1v) is 9.29. The van der Waals surface area contributed by atoms with Crippen molar-refractivity contribution in [3.05, 3.63) is 22.4 Å². The Bertz CT molecular complexity index is 469. The molecule has 1 saturated heterocycles. The molecule has 116 valence electrons. The van der Waals surface area contributed by atoms with Gasteiger partial charge in [-0.15, -0.1) is 0 Å². The van der Waals surface area contributed by atoms with Crippen molar-refractivity contribution in [1.82, 2.24) is 10.2 Å². The zero-order valence-corrected chi connectivity index (χ0v) is 13.9. The zero-order chi connectivity index (χ0) is 14.8. The Morgan fingerprint density at radius 1 is 1.43 bits per heavy atom. The lowest BCUT2D eigenvalue weighted by Crippen LogP contribution is -2.40. The highest BCUT2D eigenvalue weighted by Crippen LogP contribution is 2.39. The Kier molecular flexibility index (Phi) is 4.65. The van der Waals surface area contributed by atoms with Crippen LogP contribution in [0.5, 0.6) is 0 Å². The van der Waals surface area contributed by atoms with E-state index < -0.39 is 0 Å². The normalized spacial score (nSPS) is 27.3. The van der Waals surface area contributed by atoms with E-state index in [1.807, 2.05) is 0 Å². The quantitative estimate of drug-likeness (QED) is 0.828. The number of carbonyl (C=O) groups excluding carboxylic acids is 1. The molecule has 2 aliphatic rings. The third-order valence-electron chi connectivity index (χ3n) is 4.79. The topological polar surface area (TPSA) is 32.3 Å². The van der Waals surface area contributed by atoms with Crippen molar-refractivity contribution in [3.8, 4) is 0 Å². The molecule has 3 nitrogen and oxygen atoms in total. The maximum absolute atomic E-state index is 12.9. The van der Waals surface area contributed by atoms with E-state index in [2.05, 4.69) is 40.9 Å². The monoisotopic (exact) mass is 306 g/mol. The van der Waals surface area contributed by atoms with Crippen LogP contribution < -0.4 is 5.32 Å². The number of nitrogens with one attached hydrogen (secondary N) is 1. The highest BCUT2D eigenvalue weighted by Gasteiger charge is 2.43. The van der Waals surface area contributed by atoms with Crippen LogP contribution in [0.25, 0.3) is 0 Å². The summed E-state index contributed by atoms with van der Waals surface area (Å²) < 4.78 is 0. The number of rotatable bonds is 7. The summed E-state index contributed by atoms with van der Waals surface area (Å²) in [6.45, 7) is 4.37. The number of hydrogen-bond acceptors (Lipinski definition) is 3. The molecule has 3 atom stereocenters. The Labute approximate surface area is 131 Å². The first-order chi connectivity index (χ1) is 10.2. The fourth-order valence-electron chi connectivity index (χ4n) is 3.44. The van der Waals surface area contributed by atoms with Gasteiger partial charge in [0.15, 0.2) is 0 Å². The summed E-state index contributed by atoms with van der Waals surface area (Å²) in [5.74, 6) is 1.18. The third-order valence-corrected chi connectivity index (χ3v) is 5.49. The standard InChI is InChI=1S/C17H26N2OS/c1-3-5-15-17(20)19(14(4-2)10-12-6-7-12)16(18-15)13-8-9-21-11-13/h8-9,11-12,14-16,18H,3-7,10H2,1-2H3. The van der Waals surface area contributed by atoms with Gasteiger partial charge in [0.25, 0.3) is 0 Å². The number of hydrogen-bond donors (Lipinski definition) is 1. The number of thiophene rings is 1. The molecule has 0 aromatic carbocycles. The van der Waals surface area contributed by atoms with Gasteiger partial charge in [-0.3, -0.25) is 10.1 Å². The Balaban J connectivity index is 1.82. The summed E-state index contributed by atoms with van der Waals surface area (Å²) in [6.07, 6.45) is 7.03. The van der Waals surface area contributed by atoms with Gasteiger partial charge >= 0.3 is 0 Å². The smallest absolute Gasteiger partial charge is 0.241 e. The average Bonchev–Trinajstić information content (AvgIpc) is 3.02. The molecule has 21 heavy (non-hydrogen) atoms. The maximum Gasteiger partial charge on any atom is 0.241 e. The minimum Gasteiger partial charge on any atom is -0.319 e. The molecule has 4 heteroatoms. The minimum atomic E-state index is 0.00755. The lowest BCUT2D eigenvalue weighted by molar-refractivity contribution is -0.132. The second-order valence-corrected chi connectivity index (χ2v) is 7.23. The van der Waals surface area contributed by atoms with E-state index in [0.29, 0.717) is 11.9 Å². The maximum atomic E-state index is 12.9. The van der Waals surface area contributed by atoms with Crippen LogP contribution in [0.2, 0.25) is 0 Å². The summed E-state index contributed by atoms with van der Waals surface area (Å²) in [5, 5.41) is 7.87. The largest absolute Gasteiger partial charge is 0.319 e. The van der Waals surface area contributed by atoms with Crippen molar-refractivity contribution >= 4 is 17.2 Å². The van der Waals surface area contributed by atoms with Crippen molar-refractivity contribution in [2.45, 2.75) is 70.6 Å². The van der Waals surface area contributed by atoms with Crippen molar-refractivity contribution in [2.24, 2.45) is 5.92 Å². The molecule has 1 saturated carbocycles. The number of nitrogens with zero attached hydrogens (tertiary/aromatic N) is 1. The highest BCUT2D eigenvalue weighted by atomic mass is 32.1. The molecule has 0 bridgehead atoms. The first kappa shape index (κ1) is 15.0. The predicted octanol–water partition coefficient (Wildman–Crippen LogP) is 3.93.